The third-order valence-electron chi connectivity index (χ3n) is 5.14. The number of sulfone groups is 1. The molecule has 0 saturated carbocycles. The van der Waals surface area contributed by atoms with Gasteiger partial charge in [0.05, 0.1) is 45.3 Å². The van der Waals surface area contributed by atoms with Gasteiger partial charge >= 0.3 is 0 Å². The number of nitrogens with zero attached hydrogens (tertiary/aromatic N) is 1. The molecule has 0 aliphatic heterocycles. The van der Waals surface area contributed by atoms with Crippen LogP contribution in [0.15, 0.2) is 86.3 Å². The number of benzene rings is 3. The van der Waals surface area contributed by atoms with Crippen LogP contribution in [0.2, 0.25) is 0 Å². The summed E-state index contributed by atoms with van der Waals surface area (Å²) in [6.45, 7) is 0.396. The molecule has 0 fully saturated rings. The molecule has 0 aromatic heterocycles. The molecular formula is C22H25N3O10S4. The fraction of sp³-hybridized carbons (Fsp3) is 0.182. The van der Waals surface area contributed by atoms with Crippen molar-refractivity contribution >= 4 is 61.1 Å². The maximum Gasteiger partial charge on any atom is 0.296 e. The van der Waals surface area contributed by atoms with Gasteiger partial charge < -0.3 is 16.4 Å². The van der Waals surface area contributed by atoms with E-state index in [1.165, 1.54) is 30.3 Å². The van der Waals surface area contributed by atoms with Crippen molar-refractivity contribution in [3.8, 4) is 0 Å². The van der Waals surface area contributed by atoms with Gasteiger partial charge in [-0.1, -0.05) is 23.2 Å². The molecule has 3 rings (SSSR count). The summed E-state index contributed by atoms with van der Waals surface area (Å²) < 4.78 is 67.6. The van der Waals surface area contributed by atoms with E-state index >= 15 is 0 Å². The van der Waals surface area contributed by atoms with E-state index < -0.39 is 24.9 Å². The standard InChI is InChI=1S/C22H25N3O10S4/c23-19-9-7-18(15-21(19)37-35-33-26)38(27,28)13-11-25(16-4-2-1-3-5-16)10-12-32-34-36-17-6-8-20(24)22(14-17)39(29,30)31/h1-9,14-15,26H,10-13,23-24H2,(H,29,30,31). The Hall–Kier alpha value is -2.58. The number of anilines is 3. The zero-order valence-corrected chi connectivity index (χ0v) is 23.3. The van der Waals surface area contributed by atoms with Gasteiger partial charge in [-0.15, -0.1) is 4.33 Å². The largest absolute Gasteiger partial charge is 0.398 e. The highest BCUT2D eigenvalue weighted by Gasteiger charge is 2.19. The number of nitrogen functional groups attached to an aromatic ring is 2. The van der Waals surface area contributed by atoms with Gasteiger partial charge in [0.1, 0.15) is 11.5 Å². The second-order valence-electron chi connectivity index (χ2n) is 7.72. The Morgan fingerprint density at radius 3 is 2.26 bits per heavy atom. The monoisotopic (exact) mass is 619 g/mol. The number of hydrogen-bond acceptors (Lipinski definition) is 14. The van der Waals surface area contributed by atoms with E-state index in [2.05, 4.69) is 9.37 Å². The predicted octanol–water partition coefficient (Wildman–Crippen LogP) is 3.46. The Bertz CT molecular complexity index is 1460. The van der Waals surface area contributed by atoms with Gasteiger partial charge in [-0.3, -0.25) is 4.55 Å². The lowest BCUT2D eigenvalue weighted by Crippen LogP contribution is -2.32. The molecule has 0 saturated heterocycles. The van der Waals surface area contributed by atoms with Crippen LogP contribution in [-0.4, -0.2) is 52.1 Å². The lowest BCUT2D eigenvalue weighted by molar-refractivity contribution is -0.432. The van der Waals surface area contributed by atoms with Crippen molar-refractivity contribution in [2.75, 3.05) is 41.8 Å². The molecule has 3 aromatic rings. The first-order chi connectivity index (χ1) is 18.5. The van der Waals surface area contributed by atoms with E-state index in [9.17, 15) is 21.4 Å². The van der Waals surface area contributed by atoms with Crippen molar-refractivity contribution in [3.63, 3.8) is 0 Å². The van der Waals surface area contributed by atoms with Crippen LogP contribution in [0.25, 0.3) is 0 Å². The Kier molecular flexibility index (Phi) is 11.2. The minimum Gasteiger partial charge on any atom is -0.398 e. The number of hydrogen-bond donors (Lipinski definition) is 4. The number of nitrogens with two attached hydrogens (primary N) is 2. The maximum absolute atomic E-state index is 13.0. The van der Waals surface area contributed by atoms with Crippen LogP contribution >= 0.6 is 24.1 Å². The third kappa shape index (κ3) is 9.24. The molecule has 212 valence electrons. The summed E-state index contributed by atoms with van der Waals surface area (Å²) in [7, 11) is -8.24. The topological polar surface area (TPSA) is 201 Å². The van der Waals surface area contributed by atoms with Crippen molar-refractivity contribution in [2.45, 2.75) is 19.6 Å². The molecule has 0 unspecified atom stereocenters. The quantitative estimate of drug-likeness (QED) is 0.0481. The molecule has 0 aliphatic rings. The Morgan fingerprint density at radius 1 is 0.846 bits per heavy atom. The van der Waals surface area contributed by atoms with Crippen LogP contribution in [0.3, 0.4) is 0 Å². The molecule has 3 aromatic carbocycles. The van der Waals surface area contributed by atoms with Gasteiger partial charge in [-0.05, 0) is 48.5 Å². The van der Waals surface area contributed by atoms with Crippen LogP contribution in [0, 0.1) is 0 Å². The highest BCUT2D eigenvalue weighted by molar-refractivity contribution is 7.95. The third-order valence-corrected chi connectivity index (χ3v) is 9.01. The van der Waals surface area contributed by atoms with Crippen molar-refractivity contribution in [2.24, 2.45) is 0 Å². The molecule has 0 amide bonds. The lowest BCUT2D eigenvalue weighted by atomic mass is 10.3. The van der Waals surface area contributed by atoms with Gasteiger partial charge in [0.15, 0.2) is 9.84 Å². The number of rotatable bonds is 15. The average molecular weight is 620 g/mol. The first-order valence-electron chi connectivity index (χ1n) is 10.9. The molecule has 0 aliphatic carbocycles. The van der Waals surface area contributed by atoms with Crippen LogP contribution in [-0.2, 0) is 38.5 Å². The Labute approximate surface area is 233 Å². The van der Waals surface area contributed by atoms with E-state index in [1.807, 2.05) is 30.3 Å². The van der Waals surface area contributed by atoms with Crippen molar-refractivity contribution in [3.05, 3.63) is 66.7 Å². The molecule has 0 spiro atoms. The summed E-state index contributed by atoms with van der Waals surface area (Å²) in [5.74, 6) is -0.243. The minimum atomic E-state index is -4.50. The van der Waals surface area contributed by atoms with Gasteiger partial charge in [0.25, 0.3) is 10.1 Å². The fourth-order valence-corrected chi connectivity index (χ4v) is 6.21. The summed E-state index contributed by atoms with van der Waals surface area (Å²) in [6.07, 6.45) is 0. The normalized spacial score (nSPS) is 11.9. The fourth-order valence-electron chi connectivity index (χ4n) is 3.22. The summed E-state index contributed by atoms with van der Waals surface area (Å²) in [4.78, 5) is 7.12. The zero-order chi connectivity index (χ0) is 28.5. The SMILES string of the molecule is Nc1ccc(S(=O)(=O)CCN(CCOOSc2ccc(N)c(S(=O)(=O)O)c2)c2ccccc2)cc1SOOO. The lowest BCUT2D eigenvalue weighted by Gasteiger charge is -2.24. The van der Waals surface area contributed by atoms with E-state index in [4.69, 9.17) is 25.9 Å². The van der Waals surface area contributed by atoms with E-state index in [1.54, 1.807) is 4.90 Å². The molecule has 0 heterocycles. The molecular weight excluding hydrogens is 595 g/mol. The average Bonchev–Trinajstić information content (AvgIpc) is 2.90. The Balaban J connectivity index is 1.61. The molecule has 13 nitrogen and oxygen atoms in total. The highest BCUT2D eigenvalue weighted by Crippen LogP contribution is 2.29. The van der Waals surface area contributed by atoms with Crippen LogP contribution in [0.1, 0.15) is 0 Å². The van der Waals surface area contributed by atoms with Crippen molar-refractivity contribution < 1.29 is 45.2 Å². The summed E-state index contributed by atoms with van der Waals surface area (Å²) >= 11 is 1.28. The van der Waals surface area contributed by atoms with Gasteiger partial charge in [0, 0.05) is 29.4 Å². The van der Waals surface area contributed by atoms with E-state index in [-0.39, 0.29) is 46.6 Å². The molecule has 0 atom stereocenters. The second kappa shape index (κ2) is 14.2. The van der Waals surface area contributed by atoms with Gasteiger partial charge in [-0.25, -0.2) is 18.6 Å². The van der Waals surface area contributed by atoms with E-state index in [0.29, 0.717) is 29.0 Å². The predicted molar refractivity (Wildman–Crippen MR) is 146 cm³/mol. The van der Waals surface area contributed by atoms with Crippen LogP contribution in [0.5, 0.6) is 0 Å². The van der Waals surface area contributed by atoms with Gasteiger partial charge in [0.2, 0.25) is 0 Å². The first kappa shape index (κ1) is 31.0. The summed E-state index contributed by atoms with van der Waals surface area (Å²) in [5, 5.41) is 11.9. The van der Waals surface area contributed by atoms with Gasteiger partial charge in [-0.2, -0.15) is 12.8 Å². The highest BCUT2D eigenvalue weighted by atomic mass is 32.2. The zero-order valence-electron chi connectivity index (χ0n) is 20.1. The molecule has 0 radical (unpaired) electrons. The summed E-state index contributed by atoms with van der Waals surface area (Å²) in [6, 6.07) is 17.1. The second-order valence-corrected chi connectivity index (χ2v) is 12.7. The van der Waals surface area contributed by atoms with Crippen molar-refractivity contribution in [1.82, 2.24) is 0 Å². The first-order valence-corrected chi connectivity index (χ1v) is 15.5. The van der Waals surface area contributed by atoms with Crippen LogP contribution in [0.4, 0.5) is 17.1 Å². The van der Waals surface area contributed by atoms with Crippen molar-refractivity contribution in [1.29, 1.82) is 0 Å². The van der Waals surface area contributed by atoms with E-state index in [0.717, 1.165) is 11.8 Å². The molecule has 39 heavy (non-hydrogen) atoms. The minimum absolute atomic E-state index is 0.0116. The summed E-state index contributed by atoms with van der Waals surface area (Å²) in [5.41, 5.74) is 12.3. The van der Waals surface area contributed by atoms with Crippen LogP contribution < -0.4 is 16.4 Å². The smallest absolute Gasteiger partial charge is 0.296 e. The Morgan fingerprint density at radius 2 is 1.56 bits per heavy atom. The maximum atomic E-state index is 13.0. The molecule has 6 N–H and O–H groups in total. The number of para-hydroxylation sites is 1. The molecule has 17 heteroatoms. The molecule has 0 bridgehead atoms.